The minimum absolute atomic E-state index is 0.0651. The van der Waals surface area contributed by atoms with Crippen molar-refractivity contribution in [3.63, 3.8) is 0 Å². The summed E-state index contributed by atoms with van der Waals surface area (Å²) in [5.74, 6) is -1.00. The second-order valence-corrected chi connectivity index (χ2v) is 7.89. The zero-order valence-corrected chi connectivity index (χ0v) is 19.0. The number of nitrogens with zero attached hydrogens (tertiary/aromatic N) is 2. The average Bonchev–Trinajstić information content (AvgIpc) is 2.78. The molecule has 1 aliphatic heterocycles. The van der Waals surface area contributed by atoms with E-state index in [-0.39, 0.29) is 11.8 Å². The average molecular weight is 435 g/mol. The SMILES string of the molecule is COCCOc1ccc(C(C)N2CCN(c3cc(F)c(F)c(OC)c3)CC2)c(C)c1C. The standard InChI is InChI=1S/C24H32F2N2O3/c1-16-17(2)22(31-13-12-29-4)7-6-20(16)18(3)27-8-10-28(11-9-27)19-14-21(25)24(26)23(15-19)30-5/h6-7,14-15,18H,8-13H2,1-5H3. The Morgan fingerprint density at radius 2 is 1.65 bits per heavy atom. The Bertz CT molecular complexity index is 899. The molecule has 0 spiro atoms. The summed E-state index contributed by atoms with van der Waals surface area (Å²) in [5.41, 5.74) is 4.30. The van der Waals surface area contributed by atoms with Crippen LogP contribution in [-0.2, 0) is 4.74 Å². The lowest BCUT2D eigenvalue weighted by molar-refractivity contribution is 0.146. The topological polar surface area (TPSA) is 34.2 Å². The zero-order chi connectivity index (χ0) is 22.5. The highest BCUT2D eigenvalue weighted by molar-refractivity contribution is 5.52. The Labute approximate surface area is 183 Å². The van der Waals surface area contributed by atoms with Gasteiger partial charge in [-0.25, -0.2) is 4.39 Å². The largest absolute Gasteiger partial charge is 0.493 e. The van der Waals surface area contributed by atoms with Gasteiger partial charge >= 0.3 is 0 Å². The molecule has 3 rings (SSSR count). The maximum Gasteiger partial charge on any atom is 0.200 e. The summed E-state index contributed by atoms with van der Waals surface area (Å²) in [5, 5.41) is 0. The summed E-state index contributed by atoms with van der Waals surface area (Å²) in [6.45, 7) is 10.6. The Balaban J connectivity index is 1.67. The van der Waals surface area contributed by atoms with E-state index >= 15 is 0 Å². The van der Waals surface area contributed by atoms with Gasteiger partial charge in [0.15, 0.2) is 11.6 Å². The number of rotatable bonds is 8. The molecule has 1 saturated heterocycles. The molecule has 0 radical (unpaired) electrons. The minimum atomic E-state index is -0.945. The Morgan fingerprint density at radius 1 is 0.935 bits per heavy atom. The third-order valence-electron chi connectivity index (χ3n) is 6.20. The molecule has 0 N–H and O–H groups in total. The van der Waals surface area contributed by atoms with Gasteiger partial charge in [0.2, 0.25) is 5.82 Å². The third kappa shape index (κ3) is 5.10. The maximum absolute atomic E-state index is 13.9. The van der Waals surface area contributed by atoms with Crippen molar-refractivity contribution < 1.29 is 23.0 Å². The monoisotopic (exact) mass is 434 g/mol. The van der Waals surface area contributed by atoms with Gasteiger partial charge in [-0.1, -0.05) is 6.07 Å². The van der Waals surface area contributed by atoms with Crippen molar-refractivity contribution in [3.05, 3.63) is 52.6 Å². The van der Waals surface area contributed by atoms with Crippen molar-refractivity contribution in [3.8, 4) is 11.5 Å². The number of anilines is 1. The highest BCUT2D eigenvalue weighted by Crippen LogP contribution is 2.32. The van der Waals surface area contributed by atoms with Crippen LogP contribution in [0.4, 0.5) is 14.5 Å². The highest BCUT2D eigenvalue weighted by Gasteiger charge is 2.25. The van der Waals surface area contributed by atoms with Crippen LogP contribution in [0.25, 0.3) is 0 Å². The predicted octanol–water partition coefficient (Wildman–Crippen LogP) is 4.50. The fourth-order valence-corrected chi connectivity index (χ4v) is 4.11. The van der Waals surface area contributed by atoms with E-state index in [1.165, 1.54) is 24.3 Å². The molecule has 31 heavy (non-hydrogen) atoms. The lowest BCUT2D eigenvalue weighted by Gasteiger charge is -2.40. The van der Waals surface area contributed by atoms with Crippen molar-refractivity contribution in [2.24, 2.45) is 0 Å². The molecule has 5 nitrogen and oxygen atoms in total. The fourth-order valence-electron chi connectivity index (χ4n) is 4.11. The molecule has 7 heteroatoms. The third-order valence-corrected chi connectivity index (χ3v) is 6.20. The van der Waals surface area contributed by atoms with Crippen LogP contribution < -0.4 is 14.4 Å². The second kappa shape index (κ2) is 10.3. The van der Waals surface area contributed by atoms with Gasteiger partial charge in [-0.15, -0.1) is 0 Å². The van der Waals surface area contributed by atoms with E-state index in [9.17, 15) is 8.78 Å². The van der Waals surface area contributed by atoms with Crippen LogP contribution in [0.5, 0.6) is 11.5 Å². The molecule has 0 aliphatic carbocycles. The molecule has 2 aromatic carbocycles. The first-order valence-corrected chi connectivity index (χ1v) is 10.6. The number of ether oxygens (including phenoxy) is 3. The Hall–Kier alpha value is -2.38. The molecule has 1 atom stereocenters. The summed E-state index contributed by atoms with van der Waals surface area (Å²) in [6, 6.07) is 7.23. The van der Waals surface area contributed by atoms with Crippen LogP contribution in [0.3, 0.4) is 0 Å². The number of hydrogen-bond donors (Lipinski definition) is 0. The molecule has 0 amide bonds. The lowest BCUT2D eigenvalue weighted by Crippen LogP contribution is -2.47. The molecule has 170 valence electrons. The highest BCUT2D eigenvalue weighted by atomic mass is 19.2. The van der Waals surface area contributed by atoms with Crippen molar-refractivity contribution in [2.45, 2.75) is 26.8 Å². The predicted molar refractivity (Wildman–Crippen MR) is 118 cm³/mol. The lowest BCUT2D eigenvalue weighted by atomic mass is 9.96. The molecule has 2 aromatic rings. The van der Waals surface area contributed by atoms with Gasteiger partial charge in [0.25, 0.3) is 0 Å². The molecule has 1 aliphatic rings. The minimum Gasteiger partial charge on any atom is -0.493 e. The summed E-state index contributed by atoms with van der Waals surface area (Å²) in [6.07, 6.45) is 0. The van der Waals surface area contributed by atoms with E-state index in [2.05, 4.69) is 36.6 Å². The van der Waals surface area contributed by atoms with E-state index in [1.807, 2.05) is 6.07 Å². The summed E-state index contributed by atoms with van der Waals surface area (Å²) in [4.78, 5) is 4.49. The van der Waals surface area contributed by atoms with Crippen LogP contribution in [0.1, 0.15) is 29.7 Å². The van der Waals surface area contributed by atoms with Gasteiger partial charge < -0.3 is 19.1 Å². The normalized spacial score (nSPS) is 15.8. The van der Waals surface area contributed by atoms with Gasteiger partial charge in [-0.05, 0) is 43.5 Å². The molecule has 0 bridgehead atoms. The van der Waals surface area contributed by atoms with Crippen molar-refractivity contribution in [1.82, 2.24) is 4.90 Å². The number of piperazine rings is 1. The van der Waals surface area contributed by atoms with Gasteiger partial charge in [0, 0.05) is 57.2 Å². The molecule has 1 heterocycles. The molecular formula is C24H32F2N2O3. The molecule has 0 saturated carbocycles. The van der Waals surface area contributed by atoms with Crippen LogP contribution in [0.15, 0.2) is 24.3 Å². The molecular weight excluding hydrogens is 402 g/mol. The number of hydrogen-bond acceptors (Lipinski definition) is 5. The fraction of sp³-hybridized carbons (Fsp3) is 0.500. The van der Waals surface area contributed by atoms with E-state index in [0.717, 1.165) is 37.5 Å². The first-order valence-electron chi connectivity index (χ1n) is 10.6. The van der Waals surface area contributed by atoms with Gasteiger partial charge in [-0.3, -0.25) is 4.90 Å². The van der Waals surface area contributed by atoms with Gasteiger partial charge in [-0.2, -0.15) is 4.39 Å². The molecule has 1 unspecified atom stereocenters. The Morgan fingerprint density at radius 3 is 2.29 bits per heavy atom. The van der Waals surface area contributed by atoms with E-state index in [4.69, 9.17) is 14.2 Å². The summed E-state index contributed by atoms with van der Waals surface area (Å²) in [7, 11) is 3.01. The summed E-state index contributed by atoms with van der Waals surface area (Å²) >= 11 is 0. The smallest absolute Gasteiger partial charge is 0.200 e. The number of halogens is 2. The van der Waals surface area contributed by atoms with E-state index < -0.39 is 11.6 Å². The van der Waals surface area contributed by atoms with Gasteiger partial charge in [0.1, 0.15) is 12.4 Å². The first kappa shape index (κ1) is 23.3. The molecule has 0 aromatic heterocycles. The Kier molecular flexibility index (Phi) is 7.73. The van der Waals surface area contributed by atoms with Crippen LogP contribution in [-0.4, -0.2) is 58.5 Å². The second-order valence-electron chi connectivity index (χ2n) is 7.89. The zero-order valence-electron chi connectivity index (χ0n) is 19.0. The van der Waals surface area contributed by atoms with Crippen LogP contribution in [0, 0.1) is 25.5 Å². The van der Waals surface area contributed by atoms with Gasteiger partial charge in [0.05, 0.1) is 13.7 Å². The first-order chi connectivity index (χ1) is 14.9. The maximum atomic E-state index is 13.9. The number of methoxy groups -OCH3 is 2. The van der Waals surface area contributed by atoms with Crippen molar-refractivity contribution >= 4 is 5.69 Å². The number of benzene rings is 2. The van der Waals surface area contributed by atoms with Crippen molar-refractivity contribution in [2.75, 3.05) is 58.5 Å². The van der Waals surface area contributed by atoms with E-state index in [1.54, 1.807) is 13.2 Å². The van der Waals surface area contributed by atoms with E-state index in [0.29, 0.717) is 18.9 Å². The van der Waals surface area contributed by atoms with Crippen LogP contribution >= 0.6 is 0 Å². The van der Waals surface area contributed by atoms with Crippen LogP contribution in [0.2, 0.25) is 0 Å². The summed E-state index contributed by atoms with van der Waals surface area (Å²) < 4.78 is 43.5. The van der Waals surface area contributed by atoms with Crippen molar-refractivity contribution in [1.29, 1.82) is 0 Å². The quantitative estimate of drug-likeness (QED) is 0.572. The molecule has 1 fully saturated rings.